The van der Waals surface area contributed by atoms with Crippen molar-refractivity contribution in [3.8, 4) is 0 Å². The Hall–Kier alpha value is -2.80. The summed E-state index contributed by atoms with van der Waals surface area (Å²) < 4.78 is 18.8. The minimum Gasteiger partial charge on any atom is -0.478 e. The molecule has 1 aliphatic rings. The van der Waals surface area contributed by atoms with Crippen molar-refractivity contribution in [3.63, 3.8) is 0 Å². The van der Waals surface area contributed by atoms with Crippen LogP contribution in [-0.4, -0.2) is 17.6 Å². The standard InChI is InChI=1S/C21H22FN3O2S/c1-2-12-27-19-13-18(20(23)24-25(19)17-6-4-3-5-7-17)21(26)28-14-15-8-10-16(22)11-9-15/h3-11,13,18H,2,12,14H2,1H3,(H2,23,24). The van der Waals surface area contributed by atoms with Gasteiger partial charge in [-0.15, -0.1) is 0 Å². The molecule has 1 atom stereocenters. The Balaban J connectivity index is 1.75. The van der Waals surface area contributed by atoms with Crippen LogP contribution in [0.1, 0.15) is 18.9 Å². The summed E-state index contributed by atoms with van der Waals surface area (Å²) in [5.74, 6) is 0.166. The van der Waals surface area contributed by atoms with E-state index in [9.17, 15) is 9.18 Å². The highest BCUT2D eigenvalue weighted by Crippen LogP contribution is 2.28. The van der Waals surface area contributed by atoms with Gasteiger partial charge in [0.15, 0.2) is 0 Å². The van der Waals surface area contributed by atoms with E-state index < -0.39 is 5.92 Å². The maximum absolute atomic E-state index is 13.0. The molecule has 0 bridgehead atoms. The zero-order chi connectivity index (χ0) is 19.9. The molecule has 0 saturated heterocycles. The van der Waals surface area contributed by atoms with E-state index in [2.05, 4.69) is 5.10 Å². The molecule has 0 amide bonds. The van der Waals surface area contributed by atoms with E-state index in [-0.39, 0.29) is 16.8 Å². The normalized spacial score (nSPS) is 16.4. The Bertz CT molecular complexity index is 869. The summed E-state index contributed by atoms with van der Waals surface area (Å²) in [6.45, 7) is 2.52. The molecule has 0 spiro atoms. The maximum atomic E-state index is 13.0. The van der Waals surface area contributed by atoms with Crippen molar-refractivity contribution in [2.45, 2.75) is 19.1 Å². The van der Waals surface area contributed by atoms with E-state index in [0.717, 1.165) is 29.4 Å². The van der Waals surface area contributed by atoms with Gasteiger partial charge in [0.05, 0.1) is 12.3 Å². The van der Waals surface area contributed by atoms with Crippen LogP contribution in [0.25, 0.3) is 0 Å². The lowest BCUT2D eigenvalue weighted by atomic mass is 10.1. The lowest BCUT2D eigenvalue weighted by Crippen LogP contribution is -2.37. The van der Waals surface area contributed by atoms with Gasteiger partial charge in [-0.05, 0) is 42.3 Å². The third-order valence-corrected chi connectivity index (χ3v) is 5.07. The first-order chi connectivity index (χ1) is 13.6. The van der Waals surface area contributed by atoms with Crippen molar-refractivity contribution in [3.05, 3.63) is 77.9 Å². The summed E-state index contributed by atoms with van der Waals surface area (Å²) in [5.41, 5.74) is 7.78. The van der Waals surface area contributed by atoms with Crippen LogP contribution in [0, 0.1) is 11.7 Å². The number of anilines is 1. The minimum atomic E-state index is -0.669. The van der Waals surface area contributed by atoms with Crippen molar-refractivity contribution in [2.75, 3.05) is 11.6 Å². The van der Waals surface area contributed by atoms with E-state index in [0.29, 0.717) is 18.2 Å². The number of amidine groups is 1. The SMILES string of the molecule is CCCOC1=CC(C(=O)SCc2ccc(F)cc2)C(N)=NN1c1ccccc1. The van der Waals surface area contributed by atoms with Gasteiger partial charge < -0.3 is 10.5 Å². The third-order valence-electron chi connectivity index (χ3n) is 4.06. The highest BCUT2D eigenvalue weighted by atomic mass is 32.2. The van der Waals surface area contributed by atoms with Crippen molar-refractivity contribution in [1.29, 1.82) is 0 Å². The number of hydrazone groups is 1. The zero-order valence-electron chi connectivity index (χ0n) is 15.5. The summed E-state index contributed by atoms with van der Waals surface area (Å²) in [7, 11) is 0. The van der Waals surface area contributed by atoms with Crippen molar-refractivity contribution in [2.24, 2.45) is 16.8 Å². The number of carbonyl (C=O) groups excluding carboxylic acids is 1. The number of hydrogen-bond donors (Lipinski definition) is 1. The van der Waals surface area contributed by atoms with Gasteiger partial charge in [0.25, 0.3) is 0 Å². The van der Waals surface area contributed by atoms with Gasteiger partial charge in [0.1, 0.15) is 17.6 Å². The average Bonchev–Trinajstić information content (AvgIpc) is 2.72. The molecule has 28 heavy (non-hydrogen) atoms. The van der Waals surface area contributed by atoms with Crippen molar-refractivity contribution >= 4 is 28.4 Å². The lowest BCUT2D eigenvalue weighted by molar-refractivity contribution is -0.111. The molecule has 0 fully saturated rings. The summed E-state index contributed by atoms with van der Waals surface area (Å²) in [5, 5.41) is 5.89. The van der Waals surface area contributed by atoms with Crippen LogP contribution >= 0.6 is 11.8 Å². The summed E-state index contributed by atoms with van der Waals surface area (Å²) in [6.07, 6.45) is 2.54. The van der Waals surface area contributed by atoms with Crippen LogP contribution in [0.2, 0.25) is 0 Å². The van der Waals surface area contributed by atoms with Crippen molar-refractivity contribution in [1.82, 2.24) is 0 Å². The van der Waals surface area contributed by atoms with E-state index in [1.165, 1.54) is 12.1 Å². The quantitative estimate of drug-likeness (QED) is 0.753. The molecular weight excluding hydrogens is 377 g/mol. The Morgan fingerprint density at radius 3 is 2.61 bits per heavy atom. The largest absolute Gasteiger partial charge is 0.478 e. The van der Waals surface area contributed by atoms with Gasteiger partial charge in [-0.1, -0.05) is 49.0 Å². The topological polar surface area (TPSA) is 67.9 Å². The molecule has 2 N–H and O–H groups in total. The van der Waals surface area contributed by atoms with E-state index in [4.69, 9.17) is 10.5 Å². The number of para-hydroxylation sites is 1. The van der Waals surface area contributed by atoms with Crippen LogP contribution in [0.15, 0.2) is 71.7 Å². The number of thioether (sulfide) groups is 1. The number of halogens is 1. The third kappa shape index (κ3) is 4.92. The summed E-state index contributed by atoms with van der Waals surface area (Å²) in [6, 6.07) is 15.6. The Labute approximate surface area is 168 Å². The Morgan fingerprint density at radius 1 is 1.21 bits per heavy atom. The minimum absolute atomic E-state index is 0.129. The fourth-order valence-corrected chi connectivity index (χ4v) is 3.48. The summed E-state index contributed by atoms with van der Waals surface area (Å²) >= 11 is 1.13. The first-order valence-corrected chi connectivity index (χ1v) is 10.0. The number of rotatable bonds is 7. The summed E-state index contributed by atoms with van der Waals surface area (Å²) in [4.78, 5) is 12.7. The number of carbonyl (C=O) groups is 1. The number of ether oxygens (including phenoxy) is 1. The molecule has 2 aromatic rings. The molecule has 146 valence electrons. The van der Waals surface area contributed by atoms with Crippen LogP contribution < -0.4 is 10.7 Å². The molecule has 7 heteroatoms. The van der Waals surface area contributed by atoms with Gasteiger partial charge in [-0.3, -0.25) is 4.79 Å². The average molecular weight is 399 g/mol. The molecule has 5 nitrogen and oxygen atoms in total. The maximum Gasteiger partial charge on any atom is 0.212 e. The molecule has 0 saturated carbocycles. The van der Waals surface area contributed by atoms with Crippen LogP contribution in [-0.2, 0) is 15.3 Å². The number of hydrogen-bond acceptors (Lipinski definition) is 6. The van der Waals surface area contributed by atoms with Crippen LogP contribution in [0.4, 0.5) is 10.1 Å². The first-order valence-electron chi connectivity index (χ1n) is 9.03. The smallest absolute Gasteiger partial charge is 0.212 e. The predicted molar refractivity (Wildman–Crippen MR) is 111 cm³/mol. The highest BCUT2D eigenvalue weighted by Gasteiger charge is 2.29. The molecular formula is C21H22FN3O2S. The highest BCUT2D eigenvalue weighted by molar-refractivity contribution is 8.13. The molecule has 2 aromatic carbocycles. The molecule has 1 aliphatic heterocycles. The van der Waals surface area contributed by atoms with Crippen LogP contribution in [0.3, 0.4) is 0 Å². The number of nitrogens with zero attached hydrogens (tertiary/aromatic N) is 2. The van der Waals surface area contributed by atoms with Gasteiger partial charge in [-0.2, -0.15) is 10.1 Å². The second-order valence-corrected chi connectivity index (χ2v) is 7.22. The molecule has 1 unspecified atom stereocenters. The van der Waals surface area contributed by atoms with Gasteiger partial charge in [0.2, 0.25) is 11.0 Å². The monoisotopic (exact) mass is 399 g/mol. The zero-order valence-corrected chi connectivity index (χ0v) is 16.4. The number of benzene rings is 2. The molecule has 1 heterocycles. The van der Waals surface area contributed by atoms with E-state index >= 15 is 0 Å². The Morgan fingerprint density at radius 2 is 1.93 bits per heavy atom. The second-order valence-electron chi connectivity index (χ2n) is 6.24. The number of nitrogens with two attached hydrogens (primary N) is 1. The van der Waals surface area contributed by atoms with Gasteiger partial charge in [0, 0.05) is 5.75 Å². The van der Waals surface area contributed by atoms with Gasteiger partial charge >= 0.3 is 0 Å². The molecule has 0 aliphatic carbocycles. The Kier molecular flexibility index (Phi) is 6.71. The van der Waals surface area contributed by atoms with Gasteiger partial charge in [-0.25, -0.2) is 4.39 Å². The van der Waals surface area contributed by atoms with E-state index in [1.54, 1.807) is 23.2 Å². The molecule has 0 radical (unpaired) electrons. The fourth-order valence-electron chi connectivity index (χ4n) is 2.61. The fraction of sp³-hybridized carbons (Fsp3) is 0.238. The van der Waals surface area contributed by atoms with E-state index in [1.807, 2.05) is 37.3 Å². The lowest BCUT2D eigenvalue weighted by Gasteiger charge is -2.28. The molecule has 0 aromatic heterocycles. The second kappa shape index (κ2) is 9.41. The first kappa shape index (κ1) is 19.9. The molecule has 3 rings (SSSR count). The van der Waals surface area contributed by atoms with Crippen molar-refractivity contribution < 1.29 is 13.9 Å². The van der Waals surface area contributed by atoms with Crippen LogP contribution in [0.5, 0.6) is 0 Å². The predicted octanol–water partition coefficient (Wildman–Crippen LogP) is 4.26.